The molecule has 0 fully saturated rings. The van der Waals surface area contributed by atoms with Crippen molar-refractivity contribution in [3.05, 3.63) is 77.4 Å². The third-order valence-electron chi connectivity index (χ3n) is 4.64. The molecular weight excluding hydrogens is 322 g/mol. The largest absolute Gasteiger partial charge is 0.484 e. The summed E-state index contributed by atoms with van der Waals surface area (Å²) >= 11 is 0. The molecule has 26 heavy (non-hydrogen) atoms. The van der Waals surface area contributed by atoms with Crippen molar-refractivity contribution in [2.24, 2.45) is 0 Å². The molecule has 3 aromatic carbocycles. The van der Waals surface area contributed by atoms with Gasteiger partial charge in [0, 0.05) is 0 Å². The average molecular weight is 347 g/mol. The van der Waals surface area contributed by atoms with E-state index in [1.54, 1.807) is 0 Å². The number of benzene rings is 3. The monoisotopic (exact) mass is 347 g/mol. The molecule has 0 bridgehead atoms. The van der Waals surface area contributed by atoms with E-state index in [0.29, 0.717) is 5.75 Å². The van der Waals surface area contributed by atoms with Crippen LogP contribution < -0.4 is 10.1 Å². The van der Waals surface area contributed by atoms with Crippen molar-refractivity contribution in [2.75, 3.05) is 6.61 Å². The maximum atomic E-state index is 12.4. The fourth-order valence-electron chi connectivity index (χ4n) is 3.26. The van der Waals surface area contributed by atoms with E-state index in [0.717, 1.165) is 22.8 Å². The standard InChI is InChI=1S/C23H25NO2/c1-4-22(21-12-9-16(2)13-17(21)3)24-23(25)15-26-20-11-10-18-7-5-6-8-19(18)14-20/h5-14,22H,4,15H2,1-3H3,(H,24,25)/t22-/m0/s1. The highest BCUT2D eigenvalue weighted by Crippen LogP contribution is 2.22. The lowest BCUT2D eigenvalue weighted by molar-refractivity contribution is -0.123. The Balaban J connectivity index is 1.63. The maximum Gasteiger partial charge on any atom is 0.258 e. The van der Waals surface area contributed by atoms with Crippen LogP contribution >= 0.6 is 0 Å². The topological polar surface area (TPSA) is 38.3 Å². The van der Waals surface area contributed by atoms with E-state index >= 15 is 0 Å². The molecule has 3 heteroatoms. The third kappa shape index (κ3) is 4.23. The molecule has 134 valence electrons. The molecule has 0 saturated heterocycles. The molecule has 1 atom stereocenters. The molecule has 0 aliphatic carbocycles. The molecule has 0 aromatic heterocycles. The van der Waals surface area contributed by atoms with Gasteiger partial charge >= 0.3 is 0 Å². The van der Waals surface area contributed by atoms with Crippen LogP contribution in [-0.4, -0.2) is 12.5 Å². The average Bonchev–Trinajstić information content (AvgIpc) is 2.65. The molecule has 0 aliphatic rings. The molecule has 3 aromatic rings. The second kappa shape index (κ2) is 8.05. The third-order valence-corrected chi connectivity index (χ3v) is 4.64. The van der Waals surface area contributed by atoms with Crippen molar-refractivity contribution >= 4 is 16.7 Å². The number of ether oxygens (including phenoxy) is 1. The summed E-state index contributed by atoms with van der Waals surface area (Å²) in [6.45, 7) is 6.25. The Morgan fingerprint density at radius 2 is 1.77 bits per heavy atom. The minimum absolute atomic E-state index is 0.00306. The van der Waals surface area contributed by atoms with Gasteiger partial charge in [-0.25, -0.2) is 0 Å². The zero-order chi connectivity index (χ0) is 18.5. The Morgan fingerprint density at radius 1 is 1.00 bits per heavy atom. The number of aryl methyl sites for hydroxylation is 2. The first-order valence-corrected chi connectivity index (χ1v) is 9.05. The number of fused-ring (bicyclic) bond motifs is 1. The number of nitrogens with one attached hydrogen (secondary N) is 1. The Kier molecular flexibility index (Phi) is 5.57. The quantitative estimate of drug-likeness (QED) is 0.673. The van der Waals surface area contributed by atoms with Gasteiger partial charge < -0.3 is 10.1 Å². The van der Waals surface area contributed by atoms with E-state index in [4.69, 9.17) is 4.74 Å². The lowest BCUT2D eigenvalue weighted by atomic mass is 9.97. The lowest BCUT2D eigenvalue weighted by Crippen LogP contribution is -2.32. The van der Waals surface area contributed by atoms with E-state index < -0.39 is 0 Å². The molecule has 0 aliphatic heterocycles. The number of carbonyl (C=O) groups is 1. The smallest absolute Gasteiger partial charge is 0.258 e. The highest BCUT2D eigenvalue weighted by molar-refractivity contribution is 5.84. The summed E-state index contributed by atoms with van der Waals surface area (Å²) < 4.78 is 5.69. The second-order valence-electron chi connectivity index (χ2n) is 6.69. The summed E-state index contributed by atoms with van der Waals surface area (Å²) in [5.41, 5.74) is 3.59. The van der Waals surface area contributed by atoms with Gasteiger partial charge in [-0.15, -0.1) is 0 Å². The van der Waals surface area contributed by atoms with Gasteiger partial charge in [-0.2, -0.15) is 0 Å². The van der Waals surface area contributed by atoms with Gasteiger partial charge in [-0.3, -0.25) is 4.79 Å². The van der Waals surface area contributed by atoms with Gasteiger partial charge in [0.25, 0.3) is 5.91 Å². The van der Waals surface area contributed by atoms with Gasteiger partial charge in [0.1, 0.15) is 5.75 Å². The molecule has 1 N–H and O–H groups in total. The minimum Gasteiger partial charge on any atom is -0.484 e. The minimum atomic E-state index is -0.106. The maximum absolute atomic E-state index is 12.4. The van der Waals surface area contributed by atoms with E-state index in [1.165, 1.54) is 11.1 Å². The molecule has 0 unspecified atom stereocenters. The summed E-state index contributed by atoms with van der Waals surface area (Å²) in [4.78, 5) is 12.4. The molecule has 0 saturated carbocycles. The van der Waals surface area contributed by atoms with Gasteiger partial charge in [-0.1, -0.05) is 61.0 Å². The van der Waals surface area contributed by atoms with Crippen LogP contribution in [0.15, 0.2) is 60.7 Å². The van der Waals surface area contributed by atoms with E-state index in [1.807, 2.05) is 36.4 Å². The number of hydrogen-bond acceptors (Lipinski definition) is 2. The number of amides is 1. The van der Waals surface area contributed by atoms with Crippen LogP contribution in [0.2, 0.25) is 0 Å². The fraction of sp³-hybridized carbons (Fsp3) is 0.261. The number of carbonyl (C=O) groups excluding carboxylic acids is 1. The van der Waals surface area contributed by atoms with Crippen molar-refractivity contribution < 1.29 is 9.53 Å². The Morgan fingerprint density at radius 3 is 2.50 bits per heavy atom. The highest BCUT2D eigenvalue weighted by Gasteiger charge is 2.15. The summed E-state index contributed by atoms with van der Waals surface area (Å²) in [7, 11) is 0. The van der Waals surface area contributed by atoms with E-state index in [-0.39, 0.29) is 18.6 Å². The number of hydrogen-bond donors (Lipinski definition) is 1. The predicted molar refractivity (Wildman–Crippen MR) is 107 cm³/mol. The summed E-state index contributed by atoms with van der Waals surface area (Å²) in [6, 6.07) is 20.3. The molecule has 1 amide bonds. The van der Waals surface area contributed by atoms with Crippen LogP contribution in [0.3, 0.4) is 0 Å². The predicted octanol–water partition coefficient (Wildman–Crippen LogP) is 5.10. The van der Waals surface area contributed by atoms with Gasteiger partial charge in [0.15, 0.2) is 6.61 Å². The van der Waals surface area contributed by atoms with Crippen molar-refractivity contribution in [1.29, 1.82) is 0 Å². The summed E-state index contributed by atoms with van der Waals surface area (Å²) in [6.07, 6.45) is 0.839. The van der Waals surface area contributed by atoms with Crippen molar-refractivity contribution in [3.63, 3.8) is 0 Å². The normalized spacial score (nSPS) is 12.0. The Bertz CT molecular complexity index is 917. The first kappa shape index (κ1) is 18.0. The van der Waals surface area contributed by atoms with Crippen LogP contribution in [-0.2, 0) is 4.79 Å². The molecule has 3 nitrogen and oxygen atoms in total. The van der Waals surface area contributed by atoms with Crippen molar-refractivity contribution in [2.45, 2.75) is 33.2 Å². The van der Waals surface area contributed by atoms with Crippen LogP contribution in [0.4, 0.5) is 0 Å². The van der Waals surface area contributed by atoms with Crippen molar-refractivity contribution in [3.8, 4) is 5.75 Å². The zero-order valence-corrected chi connectivity index (χ0v) is 15.6. The molecule has 0 radical (unpaired) electrons. The van der Waals surface area contributed by atoms with Crippen LogP contribution in [0.5, 0.6) is 5.75 Å². The molecule has 3 rings (SSSR count). The SMILES string of the molecule is CC[C@H](NC(=O)COc1ccc2ccccc2c1)c1ccc(C)cc1C. The highest BCUT2D eigenvalue weighted by atomic mass is 16.5. The number of rotatable bonds is 6. The van der Waals surface area contributed by atoms with Gasteiger partial charge in [0.05, 0.1) is 6.04 Å². The first-order chi connectivity index (χ1) is 12.6. The summed E-state index contributed by atoms with van der Waals surface area (Å²) in [5, 5.41) is 5.35. The lowest BCUT2D eigenvalue weighted by Gasteiger charge is -2.20. The first-order valence-electron chi connectivity index (χ1n) is 9.05. The molecule has 0 spiro atoms. The van der Waals surface area contributed by atoms with Crippen LogP contribution in [0.1, 0.15) is 36.1 Å². The molecule has 0 heterocycles. The second-order valence-corrected chi connectivity index (χ2v) is 6.69. The van der Waals surface area contributed by atoms with E-state index in [9.17, 15) is 4.79 Å². The Hall–Kier alpha value is -2.81. The summed E-state index contributed by atoms with van der Waals surface area (Å²) in [5.74, 6) is 0.600. The van der Waals surface area contributed by atoms with Crippen molar-refractivity contribution in [1.82, 2.24) is 5.32 Å². The van der Waals surface area contributed by atoms with Gasteiger partial charge in [0.2, 0.25) is 0 Å². The molecular formula is C23H25NO2. The fourth-order valence-corrected chi connectivity index (χ4v) is 3.26. The van der Waals surface area contributed by atoms with E-state index in [2.05, 4.69) is 50.4 Å². The zero-order valence-electron chi connectivity index (χ0n) is 15.6. The van der Waals surface area contributed by atoms with Crippen LogP contribution in [0.25, 0.3) is 10.8 Å². The van der Waals surface area contributed by atoms with Crippen LogP contribution in [0, 0.1) is 13.8 Å². The Labute approximate surface area is 155 Å². The van der Waals surface area contributed by atoms with Gasteiger partial charge in [-0.05, 0) is 54.3 Å².